The van der Waals surface area contributed by atoms with Gasteiger partial charge in [0.15, 0.2) is 5.82 Å². The maximum Gasteiger partial charge on any atom is 0.172 e. The van der Waals surface area contributed by atoms with E-state index in [9.17, 15) is 0 Å². The SMILES string of the molecule is Cc1ccsc1-c1nc(N)c(I)c(C2CCCC2)n1. The van der Waals surface area contributed by atoms with E-state index in [1.54, 1.807) is 11.3 Å². The molecule has 2 heterocycles. The number of nitrogens with two attached hydrogens (primary N) is 1. The molecule has 2 aromatic rings. The summed E-state index contributed by atoms with van der Waals surface area (Å²) in [4.78, 5) is 10.4. The average Bonchev–Trinajstić information content (AvgIpc) is 3.03. The Labute approximate surface area is 130 Å². The van der Waals surface area contributed by atoms with Crippen LogP contribution in [0.25, 0.3) is 10.7 Å². The van der Waals surface area contributed by atoms with E-state index in [4.69, 9.17) is 10.7 Å². The largest absolute Gasteiger partial charge is 0.383 e. The molecule has 0 atom stereocenters. The second-order valence-electron chi connectivity index (χ2n) is 5.05. The molecular weight excluding hydrogens is 369 g/mol. The van der Waals surface area contributed by atoms with Crippen LogP contribution >= 0.6 is 33.9 Å². The Kier molecular flexibility index (Phi) is 3.75. The molecule has 2 aromatic heterocycles. The first kappa shape index (κ1) is 13.3. The van der Waals surface area contributed by atoms with Gasteiger partial charge in [0.1, 0.15) is 5.82 Å². The number of anilines is 1. The highest BCUT2D eigenvalue weighted by Crippen LogP contribution is 2.38. The predicted octanol–water partition coefficient (Wildman–Crippen LogP) is 4.36. The van der Waals surface area contributed by atoms with Gasteiger partial charge in [-0.25, -0.2) is 9.97 Å². The average molecular weight is 385 g/mol. The van der Waals surface area contributed by atoms with Gasteiger partial charge in [0, 0.05) is 5.92 Å². The Balaban J connectivity index is 2.10. The topological polar surface area (TPSA) is 51.8 Å². The van der Waals surface area contributed by atoms with Crippen LogP contribution in [0.4, 0.5) is 5.82 Å². The van der Waals surface area contributed by atoms with Crippen molar-refractivity contribution in [2.45, 2.75) is 38.5 Å². The molecule has 0 saturated heterocycles. The Morgan fingerprint density at radius 1 is 1.32 bits per heavy atom. The van der Waals surface area contributed by atoms with E-state index in [-0.39, 0.29) is 0 Å². The van der Waals surface area contributed by atoms with Crippen molar-refractivity contribution in [3.8, 4) is 10.7 Å². The summed E-state index contributed by atoms with van der Waals surface area (Å²) in [5.74, 6) is 1.99. The number of rotatable bonds is 2. The van der Waals surface area contributed by atoms with Crippen LogP contribution in [0.1, 0.15) is 42.9 Å². The molecule has 1 aliphatic rings. The highest BCUT2D eigenvalue weighted by molar-refractivity contribution is 14.1. The minimum Gasteiger partial charge on any atom is -0.383 e. The Morgan fingerprint density at radius 2 is 2.05 bits per heavy atom. The summed E-state index contributed by atoms with van der Waals surface area (Å²) in [6, 6.07) is 2.10. The van der Waals surface area contributed by atoms with Crippen molar-refractivity contribution in [1.82, 2.24) is 9.97 Å². The summed E-state index contributed by atoms with van der Waals surface area (Å²) < 4.78 is 1.04. The molecule has 1 aliphatic carbocycles. The van der Waals surface area contributed by atoms with Gasteiger partial charge in [0.25, 0.3) is 0 Å². The maximum absolute atomic E-state index is 6.09. The molecule has 0 amide bonds. The van der Waals surface area contributed by atoms with Gasteiger partial charge >= 0.3 is 0 Å². The third kappa shape index (κ3) is 2.50. The van der Waals surface area contributed by atoms with Crippen molar-refractivity contribution in [3.63, 3.8) is 0 Å². The molecule has 0 aliphatic heterocycles. The lowest BCUT2D eigenvalue weighted by molar-refractivity contribution is 0.691. The number of hydrogen-bond donors (Lipinski definition) is 1. The molecule has 2 N–H and O–H groups in total. The Morgan fingerprint density at radius 3 is 2.68 bits per heavy atom. The summed E-state index contributed by atoms with van der Waals surface area (Å²) in [5, 5.41) is 2.08. The summed E-state index contributed by atoms with van der Waals surface area (Å²) in [7, 11) is 0. The number of hydrogen-bond acceptors (Lipinski definition) is 4. The molecule has 5 heteroatoms. The second-order valence-corrected chi connectivity index (χ2v) is 7.04. The number of nitrogen functional groups attached to an aromatic ring is 1. The molecule has 0 bridgehead atoms. The Bertz CT molecular complexity index is 603. The van der Waals surface area contributed by atoms with Crippen molar-refractivity contribution < 1.29 is 0 Å². The van der Waals surface area contributed by atoms with Crippen molar-refractivity contribution in [3.05, 3.63) is 26.3 Å². The fourth-order valence-corrected chi connectivity index (χ4v) is 4.20. The standard InChI is InChI=1S/C14H16IN3S/c1-8-6-7-19-12(8)14-17-11(9-4-2-3-5-9)10(15)13(16)18-14/h6-7,9H,2-5H2,1H3,(H2,16,17,18). The van der Waals surface area contributed by atoms with Crippen molar-refractivity contribution >= 4 is 39.7 Å². The monoisotopic (exact) mass is 385 g/mol. The molecular formula is C14H16IN3S. The van der Waals surface area contributed by atoms with Gasteiger partial charge in [-0.2, -0.15) is 0 Å². The molecule has 3 nitrogen and oxygen atoms in total. The van der Waals surface area contributed by atoms with Crippen molar-refractivity contribution in [1.29, 1.82) is 0 Å². The van der Waals surface area contributed by atoms with Gasteiger partial charge in [-0.1, -0.05) is 12.8 Å². The first-order valence-corrected chi connectivity index (χ1v) is 8.50. The van der Waals surface area contributed by atoms with Crippen LogP contribution in [-0.4, -0.2) is 9.97 Å². The summed E-state index contributed by atoms with van der Waals surface area (Å²) in [6.07, 6.45) is 5.07. The number of halogens is 1. The zero-order valence-corrected chi connectivity index (χ0v) is 13.8. The first-order chi connectivity index (χ1) is 9.16. The van der Waals surface area contributed by atoms with Gasteiger partial charge in [-0.05, 0) is 59.4 Å². The Hall–Kier alpha value is -0.690. The lowest BCUT2D eigenvalue weighted by Crippen LogP contribution is -2.07. The van der Waals surface area contributed by atoms with E-state index in [0.29, 0.717) is 11.7 Å². The zero-order valence-electron chi connectivity index (χ0n) is 10.8. The highest BCUT2D eigenvalue weighted by Gasteiger charge is 2.24. The van der Waals surface area contributed by atoms with Crippen LogP contribution < -0.4 is 5.73 Å². The first-order valence-electron chi connectivity index (χ1n) is 6.54. The van der Waals surface area contributed by atoms with Gasteiger partial charge in [0.2, 0.25) is 0 Å². The minimum absolute atomic E-state index is 0.566. The van der Waals surface area contributed by atoms with Crippen LogP contribution in [0.15, 0.2) is 11.4 Å². The van der Waals surface area contributed by atoms with E-state index >= 15 is 0 Å². The molecule has 3 rings (SSSR count). The van der Waals surface area contributed by atoms with Crippen LogP contribution in [0.3, 0.4) is 0 Å². The van der Waals surface area contributed by atoms with Crippen LogP contribution in [-0.2, 0) is 0 Å². The minimum atomic E-state index is 0.566. The molecule has 19 heavy (non-hydrogen) atoms. The zero-order chi connectivity index (χ0) is 13.4. The predicted molar refractivity (Wildman–Crippen MR) is 88.4 cm³/mol. The van der Waals surface area contributed by atoms with E-state index < -0.39 is 0 Å². The fraction of sp³-hybridized carbons (Fsp3) is 0.429. The van der Waals surface area contributed by atoms with Crippen LogP contribution in [0.2, 0.25) is 0 Å². The number of aryl methyl sites for hydroxylation is 1. The van der Waals surface area contributed by atoms with Gasteiger partial charge in [-0.15, -0.1) is 11.3 Å². The number of aromatic nitrogens is 2. The fourth-order valence-electron chi connectivity index (χ4n) is 2.66. The van der Waals surface area contributed by atoms with Crippen LogP contribution in [0.5, 0.6) is 0 Å². The number of nitrogens with zero attached hydrogens (tertiary/aromatic N) is 2. The molecule has 1 saturated carbocycles. The molecule has 100 valence electrons. The molecule has 0 radical (unpaired) electrons. The van der Waals surface area contributed by atoms with Crippen LogP contribution in [0, 0.1) is 10.5 Å². The van der Waals surface area contributed by atoms with E-state index in [1.165, 1.54) is 31.2 Å². The quantitative estimate of drug-likeness (QED) is 0.782. The van der Waals surface area contributed by atoms with Crippen molar-refractivity contribution in [2.75, 3.05) is 5.73 Å². The van der Waals surface area contributed by atoms with E-state index in [2.05, 4.69) is 45.9 Å². The summed E-state index contributed by atoms with van der Waals surface area (Å²) in [6.45, 7) is 2.10. The lowest BCUT2D eigenvalue weighted by atomic mass is 10.0. The van der Waals surface area contributed by atoms with Crippen molar-refractivity contribution in [2.24, 2.45) is 0 Å². The molecule has 0 unspecified atom stereocenters. The van der Waals surface area contributed by atoms with Gasteiger partial charge in [-0.3, -0.25) is 0 Å². The second kappa shape index (κ2) is 5.36. The third-order valence-corrected chi connectivity index (χ3v) is 5.83. The molecule has 0 aromatic carbocycles. The summed E-state index contributed by atoms with van der Waals surface area (Å²) in [5.41, 5.74) is 8.48. The third-order valence-electron chi connectivity index (χ3n) is 3.71. The molecule has 1 fully saturated rings. The van der Waals surface area contributed by atoms with Gasteiger partial charge in [0.05, 0.1) is 14.1 Å². The highest BCUT2D eigenvalue weighted by atomic mass is 127. The normalized spacial score (nSPS) is 16.1. The lowest BCUT2D eigenvalue weighted by Gasteiger charge is -2.13. The maximum atomic E-state index is 6.09. The smallest absolute Gasteiger partial charge is 0.172 e. The number of thiophene rings is 1. The molecule has 0 spiro atoms. The van der Waals surface area contributed by atoms with Gasteiger partial charge < -0.3 is 5.73 Å². The van der Waals surface area contributed by atoms with E-state index in [0.717, 1.165) is 20.0 Å². The summed E-state index contributed by atoms with van der Waals surface area (Å²) >= 11 is 3.98. The van der Waals surface area contributed by atoms with E-state index in [1.807, 2.05) is 0 Å².